The molecule has 8 heteroatoms. The fourth-order valence-electron chi connectivity index (χ4n) is 3.64. The highest BCUT2D eigenvalue weighted by Crippen LogP contribution is 2.35. The predicted molar refractivity (Wildman–Crippen MR) is 101 cm³/mol. The van der Waals surface area contributed by atoms with Crippen molar-refractivity contribution in [3.8, 4) is 0 Å². The molecule has 0 aromatic carbocycles. The van der Waals surface area contributed by atoms with Gasteiger partial charge in [-0.05, 0) is 45.6 Å². The molecule has 0 spiro atoms. The van der Waals surface area contributed by atoms with Crippen molar-refractivity contribution in [3.63, 3.8) is 0 Å². The number of allylic oxidation sites excluding steroid dienone is 1. The molecule has 0 amide bonds. The van der Waals surface area contributed by atoms with Crippen molar-refractivity contribution in [2.24, 2.45) is 5.73 Å². The van der Waals surface area contributed by atoms with Gasteiger partial charge in [0.2, 0.25) is 5.95 Å². The molecule has 2 aromatic rings. The zero-order valence-electron chi connectivity index (χ0n) is 15.1. The number of hydrogen-bond acceptors (Lipinski definition) is 6. The van der Waals surface area contributed by atoms with Gasteiger partial charge in [0.1, 0.15) is 5.65 Å². The first kappa shape index (κ1) is 18.1. The molecular weight excluding hydrogens is 332 g/mol. The Labute approximate surface area is 151 Å². The lowest BCUT2D eigenvalue weighted by molar-refractivity contribution is -0.103. The summed E-state index contributed by atoms with van der Waals surface area (Å²) in [5.41, 5.74) is 12.6. The number of fused-ring (bicyclic) bond motifs is 1. The van der Waals surface area contributed by atoms with Crippen LogP contribution in [0.5, 0.6) is 0 Å². The zero-order valence-corrected chi connectivity index (χ0v) is 15.1. The van der Waals surface area contributed by atoms with E-state index in [-0.39, 0.29) is 17.5 Å². The molecule has 1 saturated carbocycles. The van der Waals surface area contributed by atoms with Gasteiger partial charge in [0.15, 0.2) is 6.21 Å². The third kappa shape index (κ3) is 3.08. The standard InChI is InChI=1S/C18H24N6O2/c1-10-13-7-14(11(8-19)9-20)16(25)24(15(13)23-17(21)22-10)12-3-5-18(2,26)6-4-12/h7-9,12,19,26H,3-6,20H2,1-2H3,(H2,21,22,23)/p+1/b11-9+,19-8?. The van der Waals surface area contributed by atoms with Gasteiger partial charge in [0.05, 0.1) is 22.4 Å². The van der Waals surface area contributed by atoms with E-state index in [1.165, 1.54) is 12.4 Å². The Morgan fingerprint density at radius 1 is 1.42 bits per heavy atom. The summed E-state index contributed by atoms with van der Waals surface area (Å²) in [7, 11) is 0. The van der Waals surface area contributed by atoms with Gasteiger partial charge in [0, 0.05) is 17.6 Å². The lowest BCUT2D eigenvalue weighted by Crippen LogP contribution is -2.37. The normalized spacial score (nSPS) is 24.0. The summed E-state index contributed by atoms with van der Waals surface area (Å²) in [5.74, 6) is 0.124. The number of nitrogen functional groups attached to an aromatic ring is 1. The minimum absolute atomic E-state index is 0.0873. The van der Waals surface area contributed by atoms with E-state index >= 15 is 0 Å². The van der Waals surface area contributed by atoms with E-state index in [0.29, 0.717) is 48.2 Å². The average molecular weight is 357 g/mol. The van der Waals surface area contributed by atoms with Gasteiger partial charge in [-0.3, -0.25) is 14.8 Å². The first-order chi connectivity index (χ1) is 12.3. The number of aromatic nitrogens is 3. The Morgan fingerprint density at radius 2 is 2.08 bits per heavy atom. The number of rotatable bonds is 3. The maximum absolute atomic E-state index is 13.3. The number of nitrogens with two attached hydrogens (primary N) is 3. The Kier molecular flexibility index (Phi) is 4.53. The number of aryl methyl sites for hydroxylation is 1. The fraction of sp³-hybridized carbons (Fsp3) is 0.444. The van der Waals surface area contributed by atoms with Crippen molar-refractivity contribution in [2.45, 2.75) is 51.2 Å². The molecule has 8 nitrogen and oxygen atoms in total. The number of aliphatic hydroxyl groups is 1. The highest BCUT2D eigenvalue weighted by atomic mass is 16.3. The zero-order chi connectivity index (χ0) is 19.1. The maximum atomic E-state index is 13.3. The largest absolute Gasteiger partial charge is 0.404 e. The number of anilines is 1. The lowest BCUT2D eigenvalue weighted by atomic mass is 9.83. The van der Waals surface area contributed by atoms with Crippen LogP contribution in [0.25, 0.3) is 16.6 Å². The van der Waals surface area contributed by atoms with Crippen molar-refractivity contribution in [2.75, 3.05) is 5.73 Å². The smallest absolute Gasteiger partial charge is 0.260 e. The van der Waals surface area contributed by atoms with Crippen molar-refractivity contribution in [3.05, 3.63) is 33.9 Å². The monoisotopic (exact) mass is 357 g/mol. The van der Waals surface area contributed by atoms with Crippen LogP contribution < -0.4 is 22.4 Å². The van der Waals surface area contributed by atoms with Gasteiger partial charge < -0.3 is 16.6 Å². The molecule has 3 rings (SSSR count). The molecule has 1 fully saturated rings. The second-order valence-electron chi connectivity index (χ2n) is 7.15. The number of nitrogens with zero attached hydrogens (tertiary/aromatic N) is 3. The molecule has 0 saturated heterocycles. The van der Waals surface area contributed by atoms with Crippen LogP contribution in [0, 0.1) is 6.92 Å². The molecule has 138 valence electrons. The van der Waals surface area contributed by atoms with Crippen LogP contribution in [0.2, 0.25) is 0 Å². The maximum Gasteiger partial charge on any atom is 0.260 e. The molecule has 2 heterocycles. The summed E-state index contributed by atoms with van der Waals surface area (Å²) in [4.78, 5) is 21.8. The van der Waals surface area contributed by atoms with Crippen molar-refractivity contribution in [1.82, 2.24) is 14.5 Å². The first-order valence-corrected chi connectivity index (χ1v) is 8.66. The highest BCUT2D eigenvalue weighted by Gasteiger charge is 2.31. The molecule has 1 aliphatic carbocycles. The minimum Gasteiger partial charge on any atom is -0.404 e. The van der Waals surface area contributed by atoms with Crippen LogP contribution in [-0.2, 0) is 0 Å². The van der Waals surface area contributed by atoms with Gasteiger partial charge >= 0.3 is 0 Å². The van der Waals surface area contributed by atoms with E-state index in [1.807, 2.05) is 13.8 Å². The molecule has 1 aliphatic rings. The highest BCUT2D eigenvalue weighted by molar-refractivity contribution is 6.07. The lowest BCUT2D eigenvalue weighted by Gasteiger charge is -2.34. The van der Waals surface area contributed by atoms with E-state index in [4.69, 9.17) is 16.9 Å². The topological polar surface area (TPSA) is 146 Å². The second kappa shape index (κ2) is 6.53. The molecule has 0 atom stereocenters. The van der Waals surface area contributed by atoms with Gasteiger partial charge in [-0.1, -0.05) is 0 Å². The summed E-state index contributed by atoms with van der Waals surface area (Å²) < 4.78 is 1.66. The Morgan fingerprint density at radius 3 is 2.65 bits per heavy atom. The van der Waals surface area contributed by atoms with Crippen LogP contribution in [0.4, 0.5) is 5.95 Å². The molecule has 2 aromatic heterocycles. The van der Waals surface area contributed by atoms with Gasteiger partial charge in [-0.2, -0.15) is 4.98 Å². The summed E-state index contributed by atoms with van der Waals surface area (Å²) in [5, 5.41) is 16.6. The van der Waals surface area contributed by atoms with E-state index in [2.05, 4.69) is 9.97 Å². The third-order valence-corrected chi connectivity index (χ3v) is 5.17. The molecular formula is C18H25N6O2+. The second-order valence-corrected chi connectivity index (χ2v) is 7.15. The van der Waals surface area contributed by atoms with Gasteiger partial charge in [0.25, 0.3) is 5.56 Å². The van der Waals surface area contributed by atoms with Crippen LogP contribution in [0.3, 0.4) is 0 Å². The van der Waals surface area contributed by atoms with Crippen LogP contribution in [0.15, 0.2) is 17.1 Å². The van der Waals surface area contributed by atoms with Crippen LogP contribution in [0.1, 0.15) is 49.9 Å². The van der Waals surface area contributed by atoms with Gasteiger partial charge in [-0.15, -0.1) is 0 Å². The molecule has 7 N–H and O–H groups in total. The first-order valence-electron chi connectivity index (χ1n) is 8.66. The summed E-state index contributed by atoms with van der Waals surface area (Å²) >= 11 is 0. The molecule has 0 bridgehead atoms. The SMILES string of the molecule is Cc1nc(N)nc2c1cc(/C(C=[NH2+])=C/N)c(=O)n2C1CCC(C)(O)CC1. The molecule has 0 unspecified atom stereocenters. The van der Waals surface area contributed by atoms with E-state index < -0.39 is 5.60 Å². The molecule has 0 radical (unpaired) electrons. The Balaban J connectivity index is 2.30. The number of hydrogen-bond donors (Lipinski definition) is 4. The molecule has 26 heavy (non-hydrogen) atoms. The van der Waals surface area contributed by atoms with E-state index in [0.717, 1.165) is 5.39 Å². The quantitative estimate of drug-likeness (QED) is 0.554. The minimum atomic E-state index is -0.704. The summed E-state index contributed by atoms with van der Waals surface area (Å²) in [6, 6.07) is 1.62. The van der Waals surface area contributed by atoms with E-state index in [9.17, 15) is 9.90 Å². The van der Waals surface area contributed by atoms with Crippen molar-refractivity contribution < 1.29 is 10.5 Å². The Bertz CT molecular complexity index is 950. The Hall–Kier alpha value is -2.74. The third-order valence-electron chi connectivity index (χ3n) is 5.17. The van der Waals surface area contributed by atoms with Crippen molar-refractivity contribution in [1.29, 1.82) is 0 Å². The van der Waals surface area contributed by atoms with Crippen LogP contribution in [-0.4, -0.2) is 31.5 Å². The fourth-order valence-corrected chi connectivity index (χ4v) is 3.64. The average Bonchev–Trinajstić information content (AvgIpc) is 2.57. The number of pyridine rings is 1. The van der Waals surface area contributed by atoms with Gasteiger partial charge in [-0.25, -0.2) is 4.98 Å². The van der Waals surface area contributed by atoms with E-state index in [1.54, 1.807) is 10.6 Å². The summed E-state index contributed by atoms with van der Waals surface area (Å²) in [6.45, 7) is 3.64. The van der Waals surface area contributed by atoms with Crippen molar-refractivity contribution >= 4 is 28.8 Å². The summed E-state index contributed by atoms with van der Waals surface area (Å²) in [6.07, 6.45) is 5.18. The van der Waals surface area contributed by atoms with Crippen LogP contribution >= 0.6 is 0 Å². The molecule has 0 aliphatic heterocycles. The predicted octanol–water partition coefficient (Wildman–Crippen LogP) is -0.322.